The van der Waals surface area contributed by atoms with E-state index in [1.165, 1.54) is 55.8 Å². The monoisotopic (exact) mass is 836 g/mol. The summed E-state index contributed by atoms with van der Waals surface area (Å²) in [7, 11) is 0. The number of aryl methyl sites for hydroxylation is 2. The van der Waals surface area contributed by atoms with E-state index in [9.17, 15) is 0 Å². The zero-order valence-corrected chi connectivity index (χ0v) is 37.1. The molecule has 5 heteroatoms. The maximum atomic E-state index is 6.50. The number of fused-ring (bicyclic) bond motifs is 10. The first-order chi connectivity index (χ1) is 31.7. The zero-order valence-electron chi connectivity index (χ0n) is 37.1. The van der Waals surface area contributed by atoms with Crippen molar-refractivity contribution >= 4 is 101 Å². The van der Waals surface area contributed by atoms with Gasteiger partial charge in [-0.15, -0.1) is 0 Å². The summed E-state index contributed by atoms with van der Waals surface area (Å²) in [6, 6.07) is 66.8. The van der Waals surface area contributed by atoms with E-state index in [2.05, 4.69) is 214 Å². The predicted molar refractivity (Wildman–Crippen MR) is 274 cm³/mol. The minimum Gasteiger partial charge on any atom is -0.455 e. The van der Waals surface area contributed by atoms with Crippen LogP contribution in [-0.2, 0) is 5.41 Å². The van der Waals surface area contributed by atoms with Gasteiger partial charge >= 0.3 is 0 Å². The Morgan fingerprint density at radius 2 is 0.908 bits per heavy atom. The first-order valence-electron chi connectivity index (χ1n) is 22.7. The lowest BCUT2D eigenvalue weighted by molar-refractivity contribution is 0.590. The van der Waals surface area contributed by atoms with Crippen LogP contribution in [0.3, 0.4) is 0 Å². The number of anilines is 6. The maximum Gasteiger partial charge on any atom is 0.252 e. The molecule has 4 nitrogen and oxygen atoms in total. The molecule has 0 amide bonds. The van der Waals surface area contributed by atoms with Gasteiger partial charge in [-0.25, -0.2) is 0 Å². The van der Waals surface area contributed by atoms with Crippen LogP contribution in [0.2, 0.25) is 0 Å². The van der Waals surface area contributed by atoms with E-state index in [1.807, 2.05) is 12.1 Å². The van der Waals surface area contributed by atoms with Gasteiger partial charge < -0.3 is 18.6 Å². The highest BCUT2D eigenvalue weighted by Gasteiger charge is 2.44. The summed E-state index contributed by atoms with van der Waals surface area (Å²) in [5.41, 5.74) is 22.8. The molecular formula is C60H45BN2O2. The number of hydrogen-bond donors (Lipinski definition) is 0. The number of hydrogen-bond acceptors (Lipinski definition) is 4. The predicted octanol–water partition coefficient (Wildman–Crippen LogP) is 14.8. The number of rotatable bonds is 4. The summed E-state index contributed by atoms with van der Waals surface area (Å²) in [5.74, 6) is 0. The minimum absolute atomic E-state index is 0.0435. The molecule has 9 aromatic carbocycles. The SMILES string of the molecule is Cc1ccc2c(c1)B1c3ccc(C)cc3N(c3ccc(-c4cccc5c4oc4ccccc45)cc3)c3cc(C(C)(C)C)cc(c31)N2c1ccc(-c2cccc3c2oc2ccccc23)cc1. The summed E-state index contributed by atoms with van der Waals surface area (Å²) in [6.45, 7) is 11.5. The molecular weight excluding hydrogens is 791 g/mol. The molecule has 0 fully saturated rings. The molecule has 2 aliphatic rings. The van der Waals surface area contributed by atoms with Crippen molar-refractivity contribution in [2.45, 2.75) is 40.0 Å². The second-order valence-electron chi connectivity index (χ2n) is 19.1. The van der Waals surface area contributed by atoms with Crippen molar-refractivity contribution in [2.75, 3.05) is 9.80 Å². The topological polar surface area (TPSA) is 32.8 Å². The Kier molecular flexibility index (Phi) is 8.06. The summed E-state index contributed by atoms with van der Waals surface area (Å²) in [4.78, 5) is 5.04. The van der Waals surface area contributed by atoms with Gasteiger partial charge in [-0.1, -0.05) is 148 Å². The van der Waals surface area contributed by atoms with Crippen molar-refractivity contribution in [3.8, 4) is 22.3 Å². The average Bonchev–Trinajstić information content (AvgIpc) is 3.90. The quantitative estimate of drug-likeness (QED) is 0.165. The first-order valence-corrected chi connectivity index (χ1v) is 22.7. The number of para-hydroxylation sites is 4. The van der Waals surface area contributed by atoms with Gasteiger partial charge in [0.15, 0.2) is 0 Å². The third-order valence-corrected chi connectivity index (χ3v) is 13.9. The van der Waals surface area contributed by atoms with Gasteiger partial charge in [0.1, 0.15) is 22.3 Å². The summed E-state index contributed by atoms with van der Waals surface area (Å²) in [6.07, 6.45) is 0. The van der Waals surface area contributed by atoms with Gasteiger partial charge in [0, 0.05) is 66.8 Å². The normalized spacial score (nSPS) is 13.2. The molecule has 65 heavy (non-hydrogen) atoms. The molecule has 310 valence electrons. The second-order valence-corrected chi connectivity index (χ2v) is 19.1. The van der Waals surface area contributed by atoms with Gasteiger partial charge in [0.2, 0.25) is 0 Å². The van der Waals surface area contributed by atoms with Gasteiger partial charge in [-0.05, 0) is 119 Å². The van der Waals surface area contributed by atoms with Crippen LogP contribution in [0.4, 0.5) is 34.1 Å². The fraction of sp³-hybridized carbons (Fsp3) is 0.100. The van der Waals surface area contributed by atoms with Crippen LogP contribution >= 0.6 is 0 Å². The van der Waals surface area contributed by atoms with Crippen molar-refractivity contribution in [3.63, 3.8) is 0 Å². The number of furan rings is 2. The molecule has 0 aliphatic carbocycles. The molecule has 2 aromatic heterocycles. The molecule has 0 bridgehead atoms. The van der Waals surface area contributed by atoms with E-state index in [0.29, 0.717) is 0 Å². The smallest absolute Gasteiger partial charge is 0.252 e. The van der Waals surface area contributed by atoms with Crippen LogP contribution in [0.15, 0.2) is 191 Å². The third-order valence-electron chi connectivity index (χ3n) is 13.9. The van der Waals surface area contributed by atoms with E-state index in [1.54, 1.807) is 0 Å². The molecule has 0 spiro atoms. The van der Waals surface area contributed by atoms with E-state index in [-0.39, 0.29) is 12.1 Å². The van der Waals surface area contributed by atoms with E-state index in [0.717, 1.165) is 77.5 Å². The molecule has 0 radical (unpaired) electrons. The first kappa shape index (κ1) is 37.8. The summed E-state index contributed by atoms with van der Waals surface area (Å²) >= 11 is 0. The molecule has 13 rings (SSSR count). The fourth-order valence-corrected chi connectivity index (χ4v) is 10.7. The van der Waals surface area contributed by atoms with E-state index >= 15 is 0 Å². The molecule has 0 N–H and O–H groups in total. The Balaban J connectivity index is 0.998. The Morgan fingerprint density at radius 1 is 0.415 bits per heavy atom. The molecule has 0 atom stereocenters. The van der Waals surface area contributed by atoms with Crippen LogP contribution in [0, 0.1) is 13.8 Å². The second kappa shape index (κ2) is 13.9. The minimum atomic E-state index is -0.122. The maximum absolute atomic E-state index is 6.50. The van der Waals surface area contributed by atoms with E-state index in [4.69, 9.17) is 8.83 Å². The standard InChI is InChI=1S/C60H45BN2O2/c1-36-21-31-51-50(32-36)61-49-30-20-37(2)33-52(49)63(42-28-24-39(25-29-42)44-15-11-17-48-46-13-7-9-19-56(46)65-59(44)48)54-35-40(60(3,4)5)34-53(57(54)61)62(51)41-26-22-38(23-27-41)43-14-10-16-47-45-12-6-8-18-55(45)64-58(43)47/h6-35H,1-5H3. The van der Waals surface area contributed by atoms with Crippen molar-refractivity contribution in [1.82, 2.24) is 0 Å². The van der Waals surface area contributed by atoms with Crippen LogP contribution in [0.1, 0.15) is 37.5 Å². The van der Waals surface area contributed by atoms with Crippen molar-refractivity contribution in [1.29, 1.82) is 0 Å². The Hall–Kier alpha value is -7.76. The molecule has 2 aliphatic heterocycles. The fourth-order valence-electron chi connectivity index (χ4n) is 10.7. The third kappa shape index (κ3) is 5.71. The average molecular weight is 837 g/mol. The highest BCUT2D eigenvalue weighted by molar-refractivity contribution is 7.00. The van der Waals surface area contributed by atoms with Crippen LogP contribution in [0.25, 0.3) is 66.1 Å². The molecule has 11 aromatic rings. The highest BCUT2D eigenvalue weighted by Crippen LogP contribution is 2.47. The van der Waals surface area contributed by atoms with Gasteiger partial charge in [0.25, 0.3) is 6.71 Å². The number of nitrogens with zero attached hydrogens (tertiary/aromatic N) is 2. The van der Waals surface area contributed by atoms with Crippen molar-refractivity contribution in [2.24, 2.45) is 0 Å². The van der Waals surface area contributed by atoms with Gasteiger partial charge in [0.05, 0.1) is 0 Å². The van der Waals surface area contributed by atoms with Gasteiger partial charge in [-0.3, -0.25) is 0 Å². The largest absolute Gasteiger partial charge is 0.455 e. The Bertz CT molecular complexity index is 3740. The van der Waals surface area contributed by atoms with Crippen molar-refractivity contribution in [3.05, 3.63) is 199 Å². The molecule has 0 saturated carbocycles. The van der Waals surface area contributed by atoms with Crippen LogP contribution in [-0.4, -0.2) is 6.71 Å². The summed E-state index contributed by atoms with van der Waals surface area (Å²) < 4.78 is 13.0. The van der Waals surface area contributed by atoms with Gasteiger partial charge in [-0.2, -0.15) is 0 Å². The van der Waals surface area contributed by atoms with Crippen molar-refractivity contribution < 1.29 is 8.83 Å². The Labute approximate surface area is 379 Å². The molecule has 4 heterocycles. The lowest BCUT2D eigenvalue weighted by Crippen LogP contribution is -2.61. The van der Waals surface area contributed by atoms with Crippen LogP contribution in [0.5, 0.6) is 0 Å². The lowest BCUT2D eigenvalue weighted by Gasteiger charge is -2.45. The van der Waals surface area contributed by atoms with Crippen LogP contribution < -0.4 is 26.2 Å². The molecule has 0 unspecified atom stereocenters. The number of benzene rings is 9. The highest BCUT2D eigenvalue weighted by atomic mass is 16.3. The Morgan fingerprint density at radius 3 is 1.46 bits per heavy atom. The van der Waals surface area contributed by atoms with E-state index < -0.39 is 0 Å². The zero-order chi connectivity index (χ0) is 43.7. The molecule has 0 saturated heterocycles. The lowest BCUT2D eigenvalue weighted by atomic mass is 9.33. The summed E-state index contributed by atoms with van der Waals surface area (Å²) in [5, 5.41) is 4.55.